The normalized spacial score (nSPS) is 11.1. The molecule has 0 aliphatic carbocycles. The van der Waals surface area contributed by atoms with Gasteiger partial charge in [0.15, 0.2) is 5.82 Å². The van der Waals surface area contributed by atoms with Crippen LogP contribution in [-0.2, 0) is 6.54 Å². The summed E-state index contributed by atoms with van der Waals surface area (Å²) < 4.78 is 6.02. The second kappa shape index (κ2) is 4.85. The molecule has 0 unspecified atom stereocenters. The molecule has 2 rings (SSSR count). The minimum absolute atomic E-state index is 0.502. The standard InChI is InChI=1S/C11H13BrN4O/c1-16(2)6-10-14-11(17-15-10)7-3-4-9(13)8(12)5-7/h3-5H,6,13H2,1-2H3. The highest BCUT2D eigenvalue weighted by Crippen LogP contribution is 2.26. The first-order valence-corrected chi connectivity index (χ1v) is 5.88. The van der Waals surface area contributed by atoms with Crippen molar-refractivity contribution in [3.63, 3.8) is 0 Å². The number of nitrogen functional groups attached to an aromatic ring is 1. The van der Waals surface area contributed by atoms with Gasteiger partial charge in [0, 0.05) is 15.7 Å². The van der Waals surface area contributed by atoms with Crippen LogP contribution >= 0.6 is 15.9 Å². The van der Waals surface area contributed by atoms with E-state index in [-0.39, 0.29) is 0 Å². The number of aromatic nitrogens is 2. The lowest BCUT2D eigenvalue weighted by Gasteiger charge is -2.03. The molecule has 0 aliphatic rings. The molecule has 1 aromatic carbocycles. The summed E-state index contributed by atoms with van der Waals surface area (Å²) in [7, 11) is 3.91. The van der Waals surface area contributed by atoms with Crippen molar-refractivity contribution >= 4 is 21.6 Å². The van der Waals surface area contributed by atoms with Crippen molar-refractivity contribution in [3.8, 4) is 11.5 Å². The van der Waals surface area contributed by atoms with Gasteiger partial charge in [0.05, 0.1) is 6.54 Å². The van der Waals surface area contributed by atoms with Crippen molar-refractivity contribution in [1.82, 2.24) is 15.0 Å². The summed E-state index contributed by atoms with van der Waals surface area (Å²) in [5, 5.41) is 3.91. The van der Waals surface area contributed by atoms with Gasteiger partial charge in [0.2, 0.25) is 0 Å². The lowest BCUT2D eigenvalue weighted by Crippen LogP contribution is -2.11. The van der Waals surface area contributed by atoms with E-state index in [2.05, 4.69) is 26.1 Å². The molecule has 0 fully saturated rings. The summed E-state index contributed by atoms with van der Waals surface area (Å²) >= 11 is 3.37. The average molecular weight is 297 g/mol. The van der Waals surface area contributed by atoms with Crippen LogP contribution in [0.5, 0.6) is 0 Å². The summed E-state index contributed by atoms with van der Waals surface area (Å²) in [5.74, 6) is 1.17. The van der Waals surface area contributed by atoms with Crippen LogP contribution in [0.1, 0.15) is 5.82 Å². The highest BCUT2D eigenvalue weighted by Gasteiger charge is 2.10. The van der Waals surface area contributed by atoms with E-state index in [1.165, 1.54) is 0 Å². The van der Waals surface area contributed by atoms with E-state index in [4.69, 9.17) is 10.3 Å². The minimum Gasteiger partial charge on any atom is -0.398 e. The van der Waals surface area contributed by atoms with E-state index in [9.17, 15) is 0 Å². The van der Waals surface area contributed by atoms with Crippen LogP contribution in [0.25, 0.3) is 11.5 Å². The molecule has 0 spiro atoms. The van der Waals surface area contributed by atoms with E-state index in [1.807, 2.05) is 31.1 Å². The summed E-state index contributed by atoms with van der Waals surface area (Å²) in [4.78, 5) is 6.29. The maximum absolute atomic E-state index is 5.72. The number of nitrogens with two attached hydrogens (primary N) is 1. The lowest BCUT2D eigenvalue weighted by molar-refractivity contribution is 0.365. The molecule has 90 valence electrons. The lowest BCUT2D eigenvalue weighted by atomic mass is 10.2. The zero-order valence-corrected chi connectivity index (χ0v) is 11.2. The Morgan fingerprint density at radius 3 is 2.82 bits per heavy atom. The van der Waals surface area contributed by atoms with Crippen LogP contribution in [0.15, 0.2) is 27.2 Å². The summed E-state index contributed by atoms with van der Waals surface area (Å²) in [6.07, 6.45) is 0. The Hall–Kier alpha value is -1.40. The van der Waals surface area contributed by atoms with Gasteiger partial charge >= 0.3 is 0 Å². The molecule has 0 saturated carbocycles. The van der Waals surface area contributed by atoms with Gasteiger partial charge < -0.3 is 15.2 Å². The number of nitrogens with zero attached hydrogens (tertiary/aromatic N) is 3. The highest BCUT2D eigenvalue weighted by atomic mass is 79.9. The Balaban J connectivity index is 2.27. The van der Waals surface area contributed by atoms with Crippen molar-refractivity contribution < 1.29 is 4.52 Å². The average Bonchev–Trinajstić information content (AvgIpc) is 2.69. The molecule has 5 nitrogen and oxygen atoms in total. The zero-order chi connectivity index (χ0) is 12.4. The molecular formula is C11H13BrN4O. The third-order valence-electron chi connectivity index (χ3n) is 2.17. The summed E-state index contributed by atoms with van der Waals surface area (Å²) in [6, 6.07) is 5.52. The number of hydrogen-bond donors (Lipinski definition) is 1. The van der Waals surface area contributed by atoms with Gasteiger partial charge in [-0.3, -0.25) is 0 Å². The first kappa shape index (κ1) is 12.1. The fourth-order valence-corrected chi connectivity index (χ4v) is 1.76. The van der Waals surface area contributed by atoms with Crippen LogP contribution in [0.4, 0.5) is 5.69 Å². The van der Waals surface area contributed by atoms with Crippen LogP contribution < -0.4 is 5.73 Å². The molecule has 0 aliphatic heterocycles. The van der Waals surface area contributed by atoms with Gasteiger partial charge in [0.25, 0.3) is 5.89 Å². The van der Waals surface area contributed by atoms with Crippen LogP contribution in [0.2, 0.25) is 0 Å². The largest absolute Gasteiger partial charge is 0.398 e. The van der Waals surface area contributed by atoms with E-state index in [0.717, 1.165) is 10.0 Å². The first-order chi connectivity index (χ1) is 8.06. The number of hydrogen-bond acceptors (Lipinski definition) is 5. The van der Waals surface area contributed by atoms with Gasteiger partial charge in [-0.2, -0.15) is 4.98 Å². The molecule has 6 heteroatoms. The number of halogens is 1. The van der Waals surface area contributed by atoms with E-state index in [0.29, 0.717) is 23.9 Å². The molecule has 1 aromatic heterocycles. The van der Waals surface area contributed by atoms with Crippen LogP contribution in [0.3, 0.4) is 0 Å². The summed E-state index contributed by atoms with van der Waals surface area (Å²) in [6.45, 7) is 0.652. The van der Waals surface area contributed by atoms with Gasteiger partial charge in [-0.1, -0.05) is 5.16 Å². The van der Waals surface area contributed by atoms with Crippen LogP contribution in [-0.4, -0.2) is 29.1 Å². The topological polar surface area (TPSA) is 68.2 Å². The smallest absolute Gasteiger partial charge is 0.258 e. The highest BCUT2D eigenvalue weighted by molar-refractivity contribution is 9.10. The maximum Gasteiger partial charge on any atom is 0.258 e. The summed E-state index contributed by atoms with van der Waals surface area (Å²) in [5.41, 5.74) is 7.25. The Bertz CT molecular complexity index is 524. The molecule has 1 heterocycles. The first-order valence-electron chi connectivity index (χ1n) is 5.09. The quantitative estimate of drug-likeness (QED) is 0.879. The molecule has 17 heavy (non-hydrogen) atoms. The number of benzene rings is 1. The maximum atomic E-state index is 5.72. The third kappa shape index (κ3) is 2.83. The predicted octanol–water partition coefficient (Wildman–Crippen LogP) is 2.14. The Morgan fingerprint density at radius 2 is 2.18 bits per heavy atom. The molecular weight excluding hydrogens is 284 g/mol. The van der Waals surface area contributed by atoms with Gasteiger partial charge in [0.1, 0.15) is 0 Å². The second-order valence-electron chi connectivity index (χ2n) is 3.99. The zero-order valence-electron chi connectivity index (χ0n) is 9.64. The third-order valence-corrected chi connectivity index (χ3v) is 2.86. The fourth-order valence-electron chi connectivity index (χ4n) is 1.38. The van der Waals surface area contributed by atoms with Gasteiger partial charge in [-0.25, -0.2) is 0 Å². The van der Waals surface area contributed by atoms with Gasteiger partial charge in [-0.15, -0.1) is 0 Å². The minimum atomic E-state index is 0.502. The monoisotopic (exact) mass is 296 g/mol. The molecule has 0 bridgehead atoms. The van der Waals surface area contributed by atoms with E-state index >= 15 is 0 Å². The van der Waals surface area contributed by atoms with E-state index < -0.39 is 0 Å². The van der Waals surface area contributed by atoms with Crippen molar-refractivity contribution in [2.24, 2.45) is 0 Å². The Kier molecular flexibility index (Phi) is 3.44. The van der Waals surface area contributed by atoms with Crippen LogP contribution in [0, 0.1) is 0 Å². The van der Waals surface area contributed by atoms with Crippen molar-refractivity contribution in [2.75, 3.05) is 19.8 Å². The molecule has 0 saturated heterocycles. The molecule has 0 amide bonds. The number of anilines is 1. The molecule has 2 N–H and O–H groups in total. The Morgan fingerprint density at radius 1 is 1.41 bits per heavy atom. The fraction of sp³-hybridized carbons (Fsp3) is 0.273. The SMILES string of the molecule is CN(C)Cc1noc(-c2ccc(N)c(Br)c2)n1. The van der Waals surface area contributed by atoms with E-state index in [1.54, 1.807) is 6.07 Å². The van der Waals surface area contributed by atoms with Crippen molar-refractivity contribution in [1.29, 1.82) is 0 Å². The van der Waals surface area contributed by atoms with Crippen molar-refractivity contribution in [3.05, 3.63) is 28.5 Å². The Labute approximate surface area is 108 Å². The molecule has 0 radical (unpaired) electrons. The molecule has 2 aromatic rings. The van der Waals surface area contributed by atoms with Crippen molar-refractivity contribution in [2.45, 2.75) is 6.54 Å². The predicted molar refractivity (Wildman–Crippen MR) is 69.2 cm³/mol. The van der Waals surface area contributed by atoms with Gasteiger partial charge in [-0.05, 0) is 48.2 Å². The number of rotatable bonds is 3. The second-order valence-corrected chi connectivity index (χ2v) is 4.84. The molecule has 0 atom stereocenters.